The van der Waals surface area contributed by atoms with Crippen LogP contribution in [-0.4, -0.2) is 23.0 Å². The van der Waals surface area contributed by atoms with Gasteiger partial charge in [-0.2, -0.15) is 0 Å². The quantitative estimate of drug-likeness (QED) is 0.451. The predicted octanol–water partition coefficient (Wildman–Crippen LogP) is 5.09. The molecule has 1 fully saturated rings. The molecule has 1 aliphatic rings. The van der Waals surface area contributed by atoms with Gasteiger partial charge in [-0.3, -0.25) is 4.57 Å². The van der Waals surface area contributed by atoms with Gasteiger partial charge >= 0.3 is 6.09 Å². The van der Waals surface area contributed by atoms with Crippen LogP contribution in [0.3, 0.4) is 0 Å². The second kappa shape index (κ2) is 8.60. The molecule has 1 unspecified atom stereocenters. The summed E-state index contributed by atoms with van der Waals surface area (Å²) in [6.45, 7) is 7.95. The fourth-order valence-electron chi connectivity index (χ4n) is 3.32. The second-order valence-corrected chi connectivity index (χ2v) is 10.5. The zero-order valence-corrected chi connectivity index (χ0v) is 17.8. The van der Waals surface area contributed by atoms with Crippen molar-refractivity contribution in [2.24, 2.45) is 5.92 Å². The summed E-state index contributed by atoms with van der Waals surface area (Å²) < 4.78 is 25.0. The molecule has 0 aliphatic heterocycles. The highest BCUT2D eigenvalue weighted by molar-refractivity contribution is 7.60. The Bertz CT molecular complexity index is 885. The zero-order valence-electron chi connectivity index (χ0n) is 16.1. The number of alkyl carbamates (subject to hydrolysis) is 1. The summed E-state index contributed by atoms with van der Waals surface area (Å²) in [5, 5.41) is 4.64. The molecular formula is C20H25N2O4PS. The van der Waals surface area contributed by atoms with Crippen molar-refractivity contribution < 1.29 is 18.6 Å². The Hall–Kier alpha value is -1.95. The van der Waals surface area contributed by atoms with Crippen molar-refractivity contribution in [3.8, 4) is 0 Å². The number of nitrogens with one attached hydrogen (secondary N) is 1. The largest absolute Gasteiger partial charge is 0.445 e. The van der Waals surface area contributed by atoms with E-state index in [9.17, 15) is 9.36 Å². The molecule has 1 heterocycles. The van der Waals surface area contributed by atoms with E-state index in [2.05, 4.69) is 16.9 Å². The van der Waals surface area contributed by atoms with Gasteiger partial charge in [0.2, 0.25) is 7.37 Å². The number of thiazole rings is 1. The van der Waals surface area contributed by atoms with Crippen molar-refractivity contribution in [1.29, 1.82) is 0 Å². The minimum absolute atomic E-state index is 0.131. The Morgan fingerprint density at radius 1 is 1.46 bits per heavy atom. The van der Waals surface area contributed by atoms with Gasteiger partial charge in [-0.15, -0.1) is 17.9 Å². The number of aromatic nitrogens is 1. The molecule has 1 amide bonds. The fraction of sp³-hybridized carbons (Fsp3) is 0.400. The molecule has 8 heteroatoms. The van der Waals surface area contributed by atoms with Gasteiger partial charge < -0.3 is 14.6 Å². The number of hydrogen-bond acceptors (Lipinski definition) is 6. The maximum Gasteiger partial charge on any atom is 0.408 e. The highest BCUT2D eigenvalue weighted by Gasteiger charge is 2.66. The number of aryl methyl sites for hydroxylation is 1. The first-order valence-electron chi connectivity index (χ1n) is 9.18. The van der Waals surface area contributed by atoms with Crippen LogP contribution in [0.4, 0.5) is 4.79 Å². The van der Waals surface area contributed by atoms with Crippen molar-refractivity contribution in [2.45, 2.75) is 38.3 Å². The van der Waals surface area contributed by atoms with Gasteiger partial charge in [0.1, 0.15) is 11.9 Å². The van der Waals surface area contributed by atoms with E-state index in [1.165, 1.54) is 11.3 Å². The third-order valence-electron chi connectivity index (χ3n) is 4.78. The van der Waals surface area contributed by atoms with Crippen LogP contribution in [0.15, 0.2) is 48.4 Å². The minimum Gasteiger partial charge on any atom is -0.445 e. The van der Waals surface area contributed by atoms with Crippen molar-refractivity contribution in [3.05, 3.63) is 64.6 Å². The second-order valence-electron chi connectivity index (χ2n) is 6.76. The van der Waals surface area contributed by atoms with Gasteiger partial charge in [0.05, 0.1) is 23.5 Å². The Balaban J connectivity index is 1.75. The average molecular weight is 420 g/mol. The number of ether oxygens (including phenoxy) is 1. The maximum absolute atomic E-state index is 13.9. The molecule has 28 heavy (non-hydrogen) atoms. The van der Waals surface area contributed by atoms with E-state index >= 15 is 0 Å². The summed E-state index contributed by atoms with van der Waals surface area (Å²) in [4.78, 5) is 16.9. The summed E-state index contributed by atoms with van der Waals surface area (Å²) in [6.07, 6.45) is 1.80. The summed E-state index contributed by atoms with van der Waals surface area (Å²) in [5.74, 6) is -0.131. The summed E-state index contributed by atoms with van der Waals surface area (Å²) in [6, 6.07) is 9.42. The summed E-state index contributed by atoms with van der Waals surface area (Å²) >= 11 is 1.50. The maximum atomic E-state index is 13.9. The van der Waals surface area contributed by atoms with Crippen LogP contribution in [0.25, 0.3) is 0 Å². The monoisotopic (exact) mass is 420 g/mol. The Morgan fingerprint density at radius 2 is 2.21 bits per heavy atom. The molecule has 0 spiro atoms. The van der Waals surface area contributed by atoms with Gasteiger partial charge in [-0.25, -0.2) is 9.78 Å². The molecule has 2 aromatic rings. The van der Waals surface area contributed by atoms with E-state index in [4.69, 9.17) is 9.26 Å². The van der Waals surface area contributed by atoms with E-state index in [-0.39, 0.29) is 25.3 Å². The minimum atomic E-state index is -3.28. The summed E-state index contributed by atoms with van der Waals surface area (Å²) in [7, 11) is -3.28. The lowest BCUT2D eigenvalue weighted by atomic mass is 10.2. The van der Waals surface area contributed by atoms with Crippen LogP contribution < -0.4 is 5.32 Å². The summed E-state index contributed by atoms with van der Waals surface area (Å²) in [5.41, 5.74) is 1.60. The molecule has 6 nitrogen and oxygen atoms in total. The predicted molar refractivity (Wildman–Crippen MR) is 111 cm³/mol. The number of amides is 1. The third-order valence-corrected chi connectivity index (χ3v) is 8.86. The molecule has 0 bridgehead atoms. The highest BCUT2D eigenvalue weighted by atomic mass is 32.1. The molecule has 1 aliphatic carbocycles. The molecule has 1 saturated carbocycles. The lowest BCUT2D eigenvalue weighted by molar-refractivity contribution is 0.136. The van der Waals surface area contributed by atoms with Crippen LogP contribution in [-0.2, 0) is 26.6 Å². The van der Waals surface area contributed by atoms with Gasteiger partial charge in [0.15, 0.2) is 0 Å². The van der Waals surface area contributed by atoms with Gasteiger partial charge in [0.25, 0.3) is 0 Å². The fourth-order valence-corrected chi connectivity index (χ4v) is 7.01. The Kier molecular flexibility index (Phi) is 6.38. The smallest absolute Gasteiger partial charge is 0.408 e. The zero-order chi connectivity index (χ0) is 20.2. The van der Waals surface area contributed by atoms with Crippen molar-refractivity contribution in [2.75, 3.05) is 6.61 Å². The number of nitrogens with zero attached hydrogens (tertiary/aromatic N) is 1. The SMILES string of the molecule is C=C[C@@H]1C[C@]1(NC(=O)OCc1ccccc1)P(=O)(Cc1csc(C)n1)OCC. The van der Waals surface area contributed by atoms with Crippen LogP contribution in [0, 0.1) is 12.8 Å². The van der Waals surface area contributed by atoms with Gasteiger partial charge in [-0.05, 0) is 25.8 Å². The van der Waals surface area contributed by atoms with Crippen LogP contribution in [0.2, 0.25) is 0 Å². The van der Waals surface area contributed by atoms with Crippen LogP contribution in [0.5, 0.6) is 0 Å². The standard InChI is InChI=1S/C20H25N2O4PS/c1-4-17-11-20(17,22-19(23)25-12-16-9-7-6-8-10-16)27(24,26-5-2)13-18-14-28-15(3)21-18/h4,6-10,14,17H,1,5,11-13H2,2-3H3,(H,22,23)/t17-,20+,27?/m1/s1. The lowest BCUT2D eigenvalue weighted by Crippen LogP contribution is -2.39. The number of hydrogen-bond donors (Lipinski definition) is 1. The van der Waals surface area contributed by atoms with E-state index in [1.54, 1.807) is 13.0 Å². The first kappa shape index (κ1) is 20.8. The molecule has 1 aromatic carbocycles. The molecular weight excluding hydrogens is 395 g/mol. The van der Waals surface area contributed by atoms with E-state index in [0.29, 0.717) is 12.1 Å². The molecule has 1 aromatic heterocycles. The van der Waals surface area contributed by atoms with Crippen molar-refractivity contribution in [1.82, 2.24) is 10.3 Å². The number of benzene rings is 1. The first-order valence-corrected chi connectivity index (χ1v) is 11.9. The number of carbonyl (C=O) groups excluding carboxylic acids is 1. The van der Waals surface area contributed by atoms with E-state index in [1.807, 2.05) is 42.6 Å². The van der Waals surface area contributed by atoms with Gasteiger partial charge in [-0.1, -0.05) is 36.4 Å². The normalized spacial score (nSPS) is 22.9. The van der Waals surface area contributed by atoms with E-state index < -0.39 is 18.7 Å². The average Bonchev–Trinajstić information content (AvgIpc) is 3.26. The molecule has 150 valence electrons. The first-order chi connectivity index (χ1) is 13.4. The molecule has 3 atom stereocenters. The molecule has 0 saturated heterocycles. The Labute approximate surface area is 169 Å². The molecule has 0 radical (unpaired) electrons. The molecule has 1 N–H and O–H groups in total. The van der Waals surface area contributed by atoms with Crippen molar-refractivity contribution >= 4 is 24.8 Å². The van der Waals surface area contributed by atoms with Crippen LogP contribution >= 0.6 is 18.7 Å². The number of carbonyl (C=O) groups is 1. The topological polar surface area (TPSA) is 77.5 Å². The Morgan fingerprint density at radius 3 is 2.79 bits per heavy atom. The van der Waals surface area contributed by atoms with Crippen molar-refractivity contribution in [3.63, 3.8) is 0 Å². The third kappa shape index (κ3) is 4.37. The lowest BCUT2D eigenvalue weighted by Gasteiger charge is -2.28. The van der Waals surface area contributed by atoms with E-state index in [0.717, 1.165) is 10.6 Å². The van der Waals surface area contributed by atoms with Gasteiger partial charge in [0, 0.05) is 11.3 Å². The highest BCUT2D eigenvalue weighted by Crippen LogP contribution is 2.73. The van der Waals surface area contributed by atoms with Crippen LogP contribution in [0.1, 0.15) is 29.6 Å². The molecule has 3 rings (SSSR count). The number of rotatable bonds is 9.